The van der Waals surface area contributed by atoms with Gasteiger partial charge in [-0.1, -0.05) is 6.42 Å². The lowest BCUT2D eigenvalue weighted by atomic mass is 10.1. The van der Waals surface area contributed by atoms with Crippen molar-refractivity contribution >= 4 is 0 Å². The Hall–Kier alpha value is -0.120. The van der Waals surface area contributed by atoms with Crippen molar-refractivity contribution < 1.29 is 4.74 Å². The Balaban J connectivity index is 1.92. The summed E-state index contributed by atoms with van der Waals surface area (Å²) >= 11 is 0. The van der Waals surface area contributed by atoms with Crippen molar-refractivity contribution in [1.29, 1.82) is 0 Å². The number of hydrogen-bond acceptors (Lipinski definition) is 3. The number of nitrogens with two attached hydrogens (primary N) is 1. The molecule has 13 heavy (non-hydrogen) atoms. The number of ether oxygens (including phenoxy) is 1. The molecule has 1 fully saturated rings. The molecule has 0 spiro atoms. The third kappa shape index (κ3) is 5.24. The zero-order valence-corrected chi connectivity index (χ0v) is 8.67. The van der Waals surface area contributed by atoms with Crippen LogP contribution in [-0.2, 0) is 4.74 Å². The molecule has 0 aromatic heterocycles. The van der Waals surface area contributed by atoms with Gasteiger partial charge in [-0.05, 0) is 26.3 Å². The summed E-state index contributed by atoms with van der Waals surface area (Å²) in [4.78, 5) is 2.48. The van der Waals surface area contributed by atoms with Crippen LogP contribution in [0, 0.1) is 0 Å². The van der Waals surface area contributed by atoms with E-state index in [0.29, 0.717) is 6.04 Å². The maximum absolute atomic E-state index is 5.68. The molecule has 1 heterocycles. The molecule has 0 amide bonds. The fourth-order valence-corrected chi connectivity index (χ4v) is 1.63. The Morgan fingerprint density at radius 1 is 1.31 bits per heavy atom. The van der Waals surface area contributed by atoms with Crippen LogP contribution in [0.2, 0.25) is 0 Å². The second-order valence-corrected chi connectivity index (χ2v) is 3.93. The van der Waals surface area contributed by atoms with Crippen LogP contribution in [0.5, 0.6) is 0 Å². The smallest absolute Gasteiger partial charge is 0.0594 e. The molecule has 1 rings (SSSR count). The van der Waals surface area contributed by atoms with Crippen LogP contribution in [0.25, 0.3) is 0 Å². The molecular formula is C10H22N2O. The molecule has 1 saturated heterocycles. The van der Waals surface area contributed by atoms with E-state index in [4.69, 9.17) is 10.5 Å². The van der Waals surface area contributed by atoms with E-state index in [1.165, 1.54) is 19.4 Å². The monoisotopic (exact) mass is 186 g/mol. The first kappa shape index (κ1) is 11.0. The highest BCUT2D eigenvalue weighted by Crippen LogP contribution is 2.03. The molecule has 0 aliphatic carbocycles. The van der Waals surface area contributed by atoms with Crippen LogP contribution < -0.4 is 5.73 Å². The van der Waals surface area contributed by atoms with Gasteiger partial charge in [-0.2, -0.15) is 0 Å². The summed E-state index contributed by atoms with van der Waals surface area (Å²) in [5, 5.41) is 0. The molecule has 1 aliphatic heterocycles. The minimum atomic E-state index is 0.365. The van der Waals surface area contributed by atoms with E-state index >= 15 is 0 Å². The summed E-state index contributed by atoms with van der Waals surface area (Å²) in [6, 6.07) is 0.365. The highest BCUT2D eigenvalue weighted by atomic mass is 16.5. The summed E-state index contributed by atoms with van der Waals surface area (Å²) in [7, 11) is 0. The van der Waals surface area contributed by atoms with E-state index < -0.39 is 0 Å². The first-order valence-electron chi connectivity index (χ1n) is 5.34. The number of rotatable bonds is 5. The minimum absolute atomic E-state index is 0.365. The van der Waals surface area contributed by atoms with Gasteiger partial charge < -0.3 is 10.5 Å². The van der Waals surface area contributed by atoms with Crippen LogP contribution >= 0.6 is 0 Å². The van der Waals surface area contributed by atoms with Crippen LogP contribution in [0.4, 0.5) is 0 Å². The molecule has 0 saturated carbocycles. The number of morpholine rings is 1. The van der Waals surface area contributed by atoms with Crippen LogP contribution in [0.3, 0.4) is 0 Å². The van der Waals surface area contributed by atoms with Gasteiger partial charge in [0.1, 0.15) is 0 Å². The van der Waals surface area contributed by atoms with Gasteiger partial charge >= 0.3 is 0 Å². The lowest BCUT2D eigenvalue weighted by Crippen LogP contribution is -2.36. The maximum Gasteiger partial charge on any atom is 0.0594 e. The van der Waals surface area contributed by atoms with Gasteiger partial charge in [-0.15, -0.1) is 0 Å². The van der Waals surface area contributed by atoms with Gasteiger partial charge in [-0.3, -0.25) is 4.90 Å². The van der Waals surface area contributed by atoms with Gasteiger partial charge in [-0.25, -0.2) is 0 Å². The molecule has 78 valence electrons. The Morgan fingerprint density at radius 2 is 2.00 bits per heavy atom. The van der Waals surface area contributed by atoms with Gasteiger partial charge in [0.15, 0.2) is 0 Å². The van der Waals surface area contributed by atoms with Crippen molar-refractivity contribution in [1.82, 2.24) is 4.90 Å². The quantitative estimate of drug-likeness (QED) is 0.647. The molecule has 0 radical (unpaired) electrons. The van der Waals surface area contributed by atoms with Crippen LogP contribution in [0.15, 0.2) is 0 Å². The summed E-state index contributed by atoms with van der Waals surface area (Å²) in [6.07, 6.45) is 3.70. The van der Waals surface area contributed by atoms with Crippen molar-refractivity contribution in [2.45, 2.75) is 32.2 Å². The Labute approximate surface area is 81.2 Å². The largest absolute Gasteiger partial charge is 0.379 e. The highest BCUT2D eigenvalue weighted by molar-refractivity contribution is 4.62. The average molecular weight is 186 g/mol. The first-order valence-corrected chi connectivity index (χ1v) is 5.34. The van der Waals surface area contributed by atoms with Gasteiger partial charge in [0.05, 0.1) is 13.2 Å². The van der Waals surface area contributed by atoms with E-state index in [1.54, 1.807) is 0 Å². The third-order valence-corrected chi connectivity index (χ3v) is 2.49. The zero-order chi connectivity index (χ0) is 9.52. The van der Waals surface area contributed by atoms with E-state index in [-0.39, 0.29) is 0 Å². The fraction of sp³-hybridized carbons (Fsp3) is 1.00. The van der Waals surface area contributed by atoms with Crippen molar-refractivity contribution in [3.05, 3.63) is 0 Å². The van der Waals surface area contributed by atoms with E-state index in [0.717, 1.165) is 32.7 Å². The average Bonchev–Trinajstić information content (AvgIpc) is 2.14. The normalized spacial score (nSPS) is 21.7. The zero-order valence-electron chi connectivity index (χ0n) is 8.67. The van der Waals surface area contributed by atoms with Crippen LogP contribution in [0.1, 0.15) is 26.2 Å². The van der Waals surface area contributed by atoms with Crippen molar-refractivity contribution in [2.24, 2.45) is 5.73 Å². The Kier molecular flexibility index (Phi) is 5.35. The number of nitrogens with zero attached hydrogens (tertiary/aromatic N) is 1. The number of hydrogen-bond donors (Lipinski definition) is 1. The first-order chi connectivity index (χ1) is 6.29. The van der Waals surface area contributed by atoms with Gasteiger partial charge in [0.25, 0.3) is 0 Å². The predicted molar refractivity (Wildman–Crippen MR) is 54.8 cm³/mol. The highest BCUT2D eigenvalue weighted by Gasteiger charge is 2.08. The Morgan fingerprint density at radius 3 is 2.62 bits per heavy atom. The molecule has 2 N–H and O–H groups in total. The second-order valence-electron chi connectivity index (χ2n) is 3.93. The lowest BCUT2D eigenvalue weighted by Gasteiger charge is -2.26. The minimum Gasteiger partial charge on any atom is -0.379 e. The SMILES string of the molecule is C[C@@H](N)CCCCN1CCOCC1. The molecule has 0 unspecified atom stereocenters. The molecule has 1 atom stereocenters. The predicted octanol–water partition coefficient (Wildman–Crippen LogP) is 0.836. The standard InChI is InChI=1S/C10H22N2O/c1-10(11)4-2-3-5-12-6-8-13-9-7-12/h10H,2-9,11H2,1H3/t10-/m1/s1. The molecule has 3 nitrogen and oxygen atoms in total. The topological polar surface area (TPSA) is 38.5 Å². The van der Waals surface area contributed by atoms with Crippen molar-refractivity contribution in [3.8, 4) is 0 Å². The van der Waals surface area contributed by atoms with Crippen LogP contribution in [-0.4, -0.2) is 43.8 Å². The second kappa shape index (κ2) is 6.35. The molecule has 0 bridgehead atoms. The molecule has 1 aliphatic rings. The third-order valence-electron chi connectivity index (χ3n) is 2.49. The molecule has 0 aromatic carbocycles. The summed E-state index contributed by atoms with van der Waals surface area (Å²) in [6.45, 7) is 7.34. The summed E-state index contributed by atoms with van der Waals surface area (Å²) in [5.74, 6) is 0. The molecule has 0 aromatic rings. The van der Waals surface area contributed by atoms with Gasteiger partial charge in [0.2, 0.25) is 0 Å². The number of unbranched alkanes of at least 4 members (excludes halogenated alkanes) is 1. The summed E-state index contributed by atoms with van der Waals surface area (Å²) < 4.78 is 5.28. The lowest BCUT2D eigenvalue weighted by molar-refractivity contribution is 0.0371. The van der Waals surface area contributed by atoms with E-state index in [2.05, 4.69) is 11.8 Å². The van der Waals surface area contributed by atoms with E-state index in [1.807, 2.05) is 0 Å². The fourth-order valence-electron chi connectivity index (χ4n) is 1.63. The maximum atomic E-state index is 5.68. The van der Waals surface area contributed by atoms with Crippen molar-refractivity contribution in [3.63, 3.8) is 0 Å². The Bertz CT molecular complexity index is 122. The van der Waals surface area contributed by atoms with Gasteiger partial charge in [0, 0.05) is 19.1 Å². The molecule has 3 heteroatoms. The van der Waals surface area contributed by atoms with E-state index in [9.17, 15) is 0 Å². The van der Waals surface area contributed by atoms with Crippen molar-refractivity contribution in [2.75, 3.05) is 32.8 Å². The summed E-state index contributed by atoms with van der Waals surface area (Å²) in [5.41, 5.74) is 5.68. The molecular weight excluding hydrogens is 164 g/mol.